The fourth-order valence-electron chi connectivity index (χ4n) is 1.63. The number of hydrogen-bond donors (Lipinski definition) is 3. The molecule has 2 rings (SSSR count). The Balaban J connectivity index is 2.18. The molecule has 0 aliphatic rings. The zero-order valence-electron chi connectivity index (χ0n) is 11.4. The van der Waals surface area contributed by atoms with E-state index in [4.69, 9.17) is 10.5 Å². The third kappa shape index (κ3) is 4.02. The van der Waals surface area contributed by atoms with E-state index in [1.165, 1.54) is 12.4 Å². The molecule has 0 saturated heterocycles. The molecule has 0 atom stereocenters. The highest BCUT2D eigenvalue weighted by atomic mass is 79.9. The summed E-state index contributed by atoms with van der Waals surface area (Å²) in [5, 5.41) is 5.88. The molecule has 0 saturated carbocycles. The quantitative estimate of drug-likeness (QED) is 0.691. The molecule has 4 N–H and O–H groups in total. The van der Waals surface area contributed by atoms with Crippen molar-refractivity contribution in [2.45, 2.75) is 0 Å². The molecular formula is C13H15BrFN5O. The Hall–Kier alpha value is -1.93. The van der Waals surface area contributed by atoms with Crippen molar-refractivity contribution >= 4 is 38.9 Å². The summed E-state index contributed by atoms with van der Waals surface area (Å²) in [5.41, 5.74) is 6.57. The van der Waals surface area contributed by atoms with Crippen molar-refractivity contribution in [1.82, 2.24) is 9.97 Å². The Morgan fingerprint density at radius 3 is 2.81 bits per heavy atom. The molecule has 2 aromatic rings. The van der Waals surface area contributed by atoms with Gasteiger partial charge in [-0.15, -0.1) is 0 Å². The van der Waals surface area contributed by atoms with Gasteiger partial charge in [0.2, 0.25) is 0 Å². The first kappa shape index (κ1) is 15.5. The molecule has 1 aromatic carbocycles. The molecule has 0 spiro atoms. The van der Waals surface area contributed by atoms with Gasteiger partial charge in [0.1, 0.15) is 17.8 Å². The summed E-state index contributed by atoms with van der Waals surface area (Å²) in [7, 11) is 1.61. The number of nitrogen functional groups attached to an aromatic ring is 1. The lowest BCUT2D eigenvalue weighted by atomic mass is 10.3. The van der Waals surface area contributed by atoms with Crippen molar-refractivity contribution in [2.24, 2.45) is 0 Å². The third-order valence-corrected chi connectivity index (χ3v) is 3.16. The van der Waals surface area contributed by atoms with Gasteiger partial charge in [-0.05, 0) is 18.2 Å². The van der Waals surface area contributed by atoms with E-state index in [1.807, 2.05) is 0 Å². The minimum absolute atomic E-state index is 0.284. The second-order valence-corrected chi connectivity index (χ2v) is 5.07. The number of halogens is 2. The van der Waals surface area contributed by atoms with Crippen molar-refractivity contribution in [3.63, 3.8) is 0 Å². The monoisotopic (exact) mass is 355 g/mol. The average Bonchev–Trinajstić information content (AvgIpc) is 2.46. The summed E-state index contributed by atoms with van der Waals surface area (Å²) in [4.78, 5) is 8.07. The van der Waals surface area contributed by atoms with Gasteiger partial charge in [0, 0.05) is 18.1 Å². The van der Waals surface area contributed by atoms with Crippen LogP contribution in [0.1, 0.15) is 0 Å². The zero-order valence-corrected chi connectivity index (χ0v) is 12.9. The third-order valence-electron chi connectivity index (χ3n) is 2.67. The van der Waals surface area contributed by atoms with Crippen LogP contribution in [0.5, 0.6) is 0 Å². The molecule has 0 unspecified atom stereocenters. The van der Waals surface area contributed by atoms with Crippen LogP contribution in [0.2, 0.25) is 0 Å². The largest absolute Gasteiger partial charge is 0.393 e. The topological polar surface area (TPSA) is 85.1 Å². The number of nitrogens with two attached hydrogens (primary N) is 1. The molecule has 0 aliphatic carbocycles. The van der Waals surface area contributed by atoms with Crippen LogP contribution in [0.15, 0.2) is 29.0 Å². The van der Waals surface area contributed by atoms with Gasteiger partial charge in [0.25, 0.3) is 0 Å². The number of hydrogen-bond acceptors (Lipinski definition) is 6. The summed E-state index contributed by atoms with van der Waals surface area (Å²) in [6.45, 7) is 1.08. The fourth-order valence-corrected chi connectivity index (χ4v) is 1.96. The smallest absolute Gasteiger partial charge is 0.159 e. The molecular weight excluding hydrogens is 341 g/mol. The minimum atomic E-state index is -0.406. The average molecular weight is 356 g/mol. The summed E-state index contributed by atoms with van der Waals surface area (Å²) in [6, 6.07) is 4.68. The zero-order chi connectivity index (χ0) is 15.2. The van der Waals surface area contributed by atoms with E-state index in [2.05, 4.69) is 36.5 Å². The van der Waals surface area contributed by atoms with E-state index in [0.717, 1.165) is 0 Å². The van der Waals surface area contributed by atoms with Gasteiger partial charge < -0.3 is 21.1 Å². The molecule has 112 valence electrons. The molecule has 0 amide bonds. The Morgan fingerprint density at radius 2 is 2.10 bits per heavy atom. The Bertz CT molecular complexity index is 626. The van der Waals surface area contributed by atoms with Crippen LogP contribution < -0.4 is 16.4 Å². The van der Waals surface area contributed by atoms with E-state index < -0.39 is 5.82 Å². The summed E-state index contributed by atoms with van der Waals surface area (Å²) < 4.78 is 19.4. The van der Waals surface area contributed by atoms with Crippen molar-refractivity contribution in [3.05, 3.63) is 34.8 Å². The van der Waals surface area contributed by atoms with Crippen LogP contribution in [0.25, 0.3) is 0 Å². The molecule has 1 aromatic heterocycles. The number of nitrogens with one attached hydrogen (secondary N) is 2. The molecule has 0 bridgehead atoms. The molecule has 1 heterocycles. The van der Waals surface area contributed by atoms with Crippen LogP contribution in [-0.4, -0.2) is 30.2 Å². The second kappa shape index (κ2) is 7.19. The fraction of sp³-hybridized carbons (Fsp3) is 0.231. The standard InChI is InChI=1S/C13H15BrFN5O/c1-21-5-4-17-12-11(16)13(19-7-18-12)20-10-3-2-8(14)6-9(10)15/h2-3,6-7H,4-5,16H2,1H3,(H2,17,18,19,20). The Morgan fingerprint density at radius 1 is 1.33 bits per heavy atom. The predicted molar refractivity (Wildman–Crippen MR) is 84.2 cm³/mol. The van der Waals surface area contributed by atoms with Crippen LogP contribution in [-0.2, 0) is 4.74 Å². The summed E-state index contributed by atoms with van der Waals surface area (Å²) >= 11 is 3.20. The molecule has 0 fully saturated rings. The van der Waals surface area contributed by atoms with Crippen LogP contribution >= 0.6 is 15.9 Å². The number of rotatable bonds is 6. The lowest BCUT2D eigenvalue weighted by Gasteiger charge is -2.12. The van der Waals surface area contributed by atoms with E-state index in [-0.39, 0.29) is 5.69 Å². The van der Waals surface area contributed by atoms with Crippen molar-refractivity contribution in [3.8, 4) is 0 Å². The van der Waals surface area contributed by atoms with Crippen molar-refractivity contribution in [1.29, 1.82) is 0 Å². The highest BCUT2D eigenvalue weighted by Crippen LogP contribution is 2.28. The number of nitrogens with zero attached hydrogens (tertiary/aromatic N) is 2. The van der Waals surface area contributed by atoms with Crippen LogP contribution in [0, 0.1) is 5.82 Å². The Labute approximate surface area is 130 Å². The Kier molecular flexibility index (Phi) is 5.29. The van der Waals surface area contributed by atoms with Gasteiger partial charge in [-0.25, -0.2) is 14.4 Å². The number of ether oxygens (including phenoxy) is 1. The van der Waals surface area contributed by atoms with E-state index in [9.17, 15) is 4.39 Å². The molecule has 6 nitrogen and oxygen atoms in total. The van der Waals surface area contributed by atoms with Crippen molar-refractivity contribution < 1.29 is 9.13 Å². The van der Waals surface area contributed by atoms with E-state index >= 15 is 0 Å². The number of benzene rings is 1. The maximum Gasteiger partial charge on any atom is 0.159 e. The highest BCUT2D eigenvalue weighted by Gasteiger charge is 2.10. The summed E-state index contributed by atoms with van der Waals surface area (Å²) in [6.07, 6.45) is 1.35. The van der Waals surface area contributed by atoms with Gasteiger partial charge in [0.15, 0.2) is 11.6 Å². The van der Waals surface area contributed by atoms with E-state index in [1.54, 1.807) is 19.2 Å². The maximum atomic E-state index is 13.8. The predicted octanol–water partition coefficient (Wildman–Crippen LogP) is 2.76. The number of methoxy groups -OCH3 is 1. The highest BCUT2D eigenvalue weighted by molar-refractivity contribution is 9.10. The first-order chi connectivity index (χ1) is 10.1. The first-order valence-electron chi connectivity index (χ1n) is 6.17. The lowest BCUT2D eigenvalue weighted by Crippen LogP contribution is -2.12. The lowest BCUT2D eigenvalue weighted by molar-refractivity contribution is 0.210. The molecule has 0 radical (unpaired) electrons. The number of aromatic nitrogens is 2. The second-order valence-electron chi connectivity index (χ2n) is 4.15. The van der Waals surface area contributed by atoms with Crippen LogP contribution in [0.3, 0.4) is 0 Å². The van der Waals surface area contributed by atoms with Gasteiger partial charge in [-0.1, -0.05) is 15.9 Å². The van der Waals surface area contributed by atoms with E-state index in [0.29, 0.717) is 34.9 Å². The molecule has 21 heavy (non-hydrogen) atoms. The van der Waals surface area contributed by atoms with Gasteiger partial charge in [0.05, 0.1) is 12.3 Å². The van der Waals surface area contributed by atoms with Gasteiger partial charge in [-0.3, -0.25) is 0 Å². The minimum Gasteiger partial charge on any atom is -0.393 e. The van der Waals surface area contributed by atoms with Crippen LogP contribution in [0.4, 0.5) is 27.4 Å². The van der Waals surface area contributed by atoms with Crippen molar-refractivity contribution in [2.75, 3.05) is 36.6 Å². The summed E-state index contributed by atoms with van der Waals surface area (Å²) in [5.74, 6) is 0.407. The first-order valence-corrected chi connectivity index (χ1v) is 6.96. The van der Waals surface area contributed by atoms with Gasteiger partial charge in [-0.2, -0.15) is 0 Å². The maximum absolute atomic E-state index is 13.8. The molecule has 8 heteroatoms. The van der Waals surface area contributed by atoms with Gasteiger partial charge >= 0.3 is 0 Å². The number of anilines is 4. The molecule has 0 aliphatic heterocycles. The SMILES string of the molecule is COCCNc1ncnc(Nc2ccc(Br)cc2F)c1N. The normalized spacial score (nSPS) is 10.4.